The molecule has 21 heavy (non-hydrogen) atoms. The lowest BCUT2D eigenvalue weighted by Gasteiger charge is -2.24. The minimum Gasteiger partial charge on any atom is -0.497 e. The predicted octanol–water partition coefficient (Wildman–Crippen LogP) is 3.45. The molecule has 2 aromatic rings. The van der Waals surface area contributed by atoms with Crippen LogP contribution in [0.5, 0.6) is 5.75 Å². The van der Waals surface area contributed by atoms with Crippen molar-refractivity contribution in [1.29, 1.82) is 0 Å². The van der Waals surface area contributed by atoms with E-state index in [1.807, 2.05) is 22.8 Å². The van der Waals surface area contributed by atoms with E-state index in [1.54, 1.807) is 7.11 Å². The van der Waals surface area contributed by atoms with E-state index in [0.29, 0.717) is 12.6 Å². The van der Waals surface area contributed by atoms with Gasteiger partial charge in [0.1, 0.15) is 18.3 Å². The van der Waals surface area contributed by atoms with Gasteiger partial charge >= 0.3 is 0 Å². The van der Waals surface area contributed by atoms with E-state index in [4.69, 9.17) is 21.1 Å². The van der Waals surface area contributed by atoms with Crippen molar-refractivity contribution in [2.45, 2.75) is 12.6 Å². The predicted molar refractivity (Wildman–Crippen MR) is 92.0 cm³/mol. The van der Waals surface area contributed by atoms with E-state index < -0.39 is 10.0 Å². The second-order valence-electron chi connectivity index (χ2n) is 5.78. The van der Waals surface area contributed by atoms with Gasteiger partial charge in [-0.1, -0.05) is 0 Å². The van der Waals surface area contributed by atoms with Crippen molar-refractivity contribution >= 4 is 32.7 Å². The first kappa shape index (κ1) is 16.5. The van der Waals surface area contributed by atoms with E-state index in [2.05, 4.69) is 23.8 Å². The summed E-state index contributed by atoms with van der Waals surface area (Å²) in [5.74, 6) is 3.09. The number of ether oxygens (including phenoxy) is 2. The van der Waals surface area contributed by atoms with Gasteiger partial charge in [0.05, 0.1) is 30.6 Å². The van der Waals surface area contributed by atoms with Crippen LogP contribution in [0.2, 0.25) is 0 Å². The molecule has 6 heteroatoms. The van der Waals surface area contributed by atoms with Gasteiger partial charge in [0, 0.05) is 11.8 Å². The molecule has 0 radical (unpaired) electrons. The molecular formula is C15H23ClN2O2S. The lowest BCUT2D eigenvalue weighted by atomic mass is 10.3. The van der Waals surface area contributed by atoms with Crippen molar-refractivity contribution in [3.05, 3.63) is 24.0 Å². The van der Waals surface area contributed by atoms with Gasteiger partial charge in [0.25, 0.3) is 0 Å². The van der Waals surface area contributed by atoms with Crippen LogP contribution in [0.1, 0.15) is 5.82 Å². The first-order chi connectivity index (χ1) is 9.94. The monoisotopic (exact) mass is 330 g/mol. The molecule has 0 N–H and O–H groups in total. The highest BCUT2D eigenvalue weighted by atomic mass is 35.5. The molecule has 0 unspecified atom stereocenters. The Morgan fingerprint density at radius 2 is 2.05 bits per heavy atom. The maximum atomic E-state index is 6.00. The summed E-state index contributed by atoms with van der Waals surface area (Å²) in [7, 11) is 1.13. The van der Waals surface area contributed by atoms with E-state index >= 15 is 0 Å². The lowest BCUT2D eigenvalue weighted by Crippen LogP contribution is -2.11. The highest BCUT2D eigenvalue weighted by molar-refractivity contribution is 8.32. The molecule has 0 atom stereocenters. The molecule has 0 spiro atoms. The maximum absolute atomic E-state index is 6.00. The fraction of sp³-hybridized carbons (Fsp3) is 0.533. The third-order valence-electron chi connectivity index (χ3n) is 3.21. The van der Waals surface area contributed by atoms with Crippen molar-refractivity contribution in [1.82, 2.24) is 9.55 Å². The summed E-state index contributed by atoms with van der Waals surface area (Å²) in [5.41, 5.74) is 1.91. The van der Waals surface area contributed by atoms with Gasteiger partial charge in [0.2, 0.25) is 0 Å². The topological polar surface area (TPSA) is 36.3 Å². The van der Waals surface area contributed by atoms with Crippen LogP contribution in [0.15, 0.2) is 18.2 Å². The van der Waals surface area contributed by atoms with Crippen molar-refractivity contribution < 1.29 is 9.47 Å². The first-order valence-corrected chi connectivity index (χ1v) is 10.3. The summed E-state index contributed by atoms with van der Waals surface area (Å²) in [6, 6.07) is 5.84. The molecule has 1 aromatic carbocycles. The van der Waals surface area contributed by atoms with Crippen LogP contribution < -0.4 is 4.74 Å². The number of benzene rings is 1. The normalized spacial score (nSPS) is 12.8. The summed E-state index contributed by atoms with van der Waals surface area (Å²) in [6.45, 7) is 1.25. The molecule has 0 aliphatic carbocycles. The molecule has 4 nitrogen and oxygen atoms in total. The zero-order valence-electron chi connectivity index (χ0n) is 13.1. The molecule has 1 heterocycles. The van der Waals surface area contributed by atoms with Crippen LogP contribution in [-0.4, -0.2) is 47.8 Å². The number of alkyl halides is 1. The molecule has 0 bridgehead atoms. The molecular weight excluding hydrogens is 308 g/mol. The number of nitrogens with zero attached hydrogens (tertiary/aromatic N) is 2. The van der Waals surface area contributed by atoms with Gasteiger partial charge in [-0.3, -0.25) is 0 Å². The number of imidazole rings is 1. The number of fused-ring (bicyclic) bond motifs is 1. The molecule has 0 saturated heterocycles. The Bertz CT molecular complexity index is 607. The van der Waals surface area contributed by atoms with Crippen molar-refractivity contribution in [2.75, 3.05) is 38.2 Å². The summed E-state index contributed by atoms with van der Waals surface area (Å²) in [6.07, 6.45) is 6.87. The van der Waals surface area contributed by atoms with Gasteiger partial charge in [-0.25, -0.2) is 15.0 Å². The Morgan fingerprint density at radius 3 is 2.67 bits per heavy atom. The number of aromatic nitrogens is 2. The van der Waals surface area contributed by atoms with Crippen molar-refractivity contribution in [3.63, 3.8) is 0 Å². The van der Waals surface area contributed by atoms with E-state index in [9.17, 15) is 0 Å². The van der Waals surface area contributed by atoms with Crippen LogP contribution in [-0.2, 0) is 17.3 Å². The fourth-order valence-corrected chi connectivity index (χ4v) is 2.82. The number of hydrogen-bond acceptors (Lipinski definition) is 3. The second kappa shape index (κ2) is 6.90. The average Bonchev–Trinajstić information content (AvgIpc) is 2.79. The van der Waals surface area contributed by atoms with Crippen molar-refractivity contribution in [2.24, 2.45) is 0 Å². The standard InChI is InChI=1S/C15H23ClN2O2S/c1-19-12-5-6-14-13(9-12)17-15(10-16)18(14)11-20-7-8-21(2,3)4/h5-6,9H,7-8,10-11H2,1-4H3. The largest absolute Gasteiger partial charge is 0.497 e. The van der Waals surface area contributed by atoms with Crippen LogP contribution in [0.3, 0.4) is 0 Å². The van der Waals surface area contributed by atoms with Crippen LogP contribution >= 0.6 is 21.6 Å². The SMILES string of the molecule is COc1ccc2c(c1)nc(CCl)n2COCCS(C)(C)C. The number of methoxy groups -OCH3 is 1. The lowest BCUT2D eigenvalue weighted by molar-refractivity contribution is 0.0908. The second-order valence-corrected chi connectivity index (χ2v) is 10.6. The Morgan fingerprint density at radius 1 is 1.29 bits per heavy atom. The highest BCUT2D eigenvalue weighted by Gasteiger charge is 2.11. The molecule has 0 aliphatic rings. The van der Waals surface area contributed by atoms with Gasteiger partial charge in [-0.05, 0) is 30.9 Å². The molecule has 0 fully saturated rings. The smallest absolute Gasteiger partial charge is 0.126 e. The third kappa shape index (κ3) is 4.28. The third-order valence-corrected chi connectivity index (χ3v) is 4.84. The fourth-order valence-electron chi connectivity index (χ4n) is 2.00. The Kier molecular flexibility index (Phi) is 5.41. The summed E-state index contributed by atoms with van der Waals surface area (Å²) in [5, 5.41) is 0. The first-order valence-electron chi connectivity index (χ1n) is 6.77. The van der Waals surface area contributed by atoms with E-state index in [1.165, 1.54) is 0 Å². The van der Waals surface area contributed by atoms with Crippen LogP contribution in [0.25, 0.3) is 11.0 Å². The Hall–Kier alpha value is -0.910. The number of rotatable bonds is 7. The maximum Gasteiger partial charge on any atom is 0.126 e. The molecule has 0 amide bonds. The molecule has 1 aromatic heterocycles. The number of halogens is 1. The molecule has 2 rings (SSSR count). The average molecular weight is 331 g/mol. The minimum absolute atomic E-state index is 0.366. The summed E-state index contributed by atoms with van der Waals surface area (Å²) in [4.78, 5) is 4.54. The zero-order chi connectivity index (χ0) is 15.5. The summed E-state index contributed by atoms with van der Waals surface area (Å²) >= 11 is 6.00. The minimum atomic E-state index is -0.525. The van der Waals surface area contributed by atoms with Gasteiger partial charge in [-0.15, -0.1) is 11.6 Å². The van der Waals surface area contributed by atoms with Crippen molar-refractivity contribution in [3.8, 4) is 5.75 Å². The molecule has 118 valence electrons. The quantitative estimate of drug-likeness (QED) is 0.576. The molecule has 0 aliphatic heterocycles. The van der Waals surface area contributed by atoms with Crippen LogP contribution in [0.4, 0.5) is 0 Å². The van der Waals surface area contributed by atoms with Gasteiger partial charge in [0.15, 0.2) is 0 Å². The summed E-state index contributed by atoms with van der Waals surface area (Å²) < 4.78 is 13.1. The van der Waals surface area contributed by atoms with Gasteiger partial charge in [-0.2, -0.15) is 0 Å². The Balaban J connectivity index is 2.14. The Labute approximate surface area is 132 Å². The van der Waals surface area contributed by atoms with Gasteiger partial charge < -0.3 is 14.0 Å². The molecule has 0 saturated carbocycles. The van der Waals surface area contributed by atoms with E-state index in [0.717, 1.165) is 35.0 Å². The van der Waals surface area contributed by atoms with E-state index in [-0.39, 0.29) is 0 Å². The number of hydrogen-bond donors (Lipinski definition) is 0. The van der Waals surface area contributed by atoms with Crippen LogP contribution in [0, 0.1) is 0 Å². The highest BCUT2D eigenvalue weighted by Crippen LogP contribution is 2.33. The zero-order valence-corrected chi connectivity index (χ0v) is 14.6.